The number of aromatic nitrogens is 1. The number of hydrogen-bond donors (Lipinski definition) is 1. The number of fused-ring (bicyclic) bond motifs is 1. The van der Waals surface area contributed by atoms with E-state index in [0.717, 1.165) is 23.1 Å². The van der Waals surface area contributed by atoms with Crippen LogP contribution in [0.15, 0.2) is 24.4 Å². The Bertz CT molecular complexity index is 572. The van der Waals surface area contributed by atoms with E-state index < -0.39 is 0 Å². The minimum Gasteiger partial charge on any atom is -0.384 e. The summed E-state index contributed by atoms with van der Waals surface area (Å²) in [6.45, 7) is 2.73. The molecule has 4 heteroatoms. The van der Waals surface area contributed by atoms with Crippen LogP contribution in [0.2, 0.25) is 5.02 Å². The molecule has 3 nitrogen and oxygen atoms in total. The Balaban J connectivity index is 2.77. The zero-order valence-corrected chi connectivity index (χ0v) is 9.54. The Labute approximate surface area is 98.7 Å². The molecule has 1 heterocycles. The second-order valence-electron chi connectivity index (χ2n) is 3.35. The molecule has 0 bridgehead atoms. The third-order valence-electron chi connectivity index (χ3n) is 2.30. The van der Waals surface area contributed by atoms with Crippen LogP contribution in [-0.4, -0.2) is 11.5 Å². The largest absolute Gasteiger partial charge is 0.384 e. The highest BCUT2D eigenvalue weighted by Gasteiger charge is 2.07. The first kappa shape index (κ1) is 10.7. The summed E-state index contributed by atoms with van der Waals surface area (Å²) < 4.78 is 0. The zero-order valence-electron chi connectivity index (χ0n) is 8.79. The van der Waals surface area contributed by atoms with Crippen LogP contribution in [0.4, 0.5) is 5.69 Å². The van der Waals surface area contributed by atoms with Gasteiger partial charge in [-0.1, -0.05) is 11.6 Å². The number of benzene rings is 1. The Hall–Kier alpha value is -1.79. The van der Waals surface area contributed by atoms with E-state index in [1.54, 1.807) is 12.3 Å². The van der Waals surface area contributed by atoms with Gasteiger partial charge in [0.05, 0.1) is 16.8 Å². The van der Waals surface area contributed by atoms with Gasteiger partial charge in [0.25, 0.3) is 0 Å². The molecular weight excluding hydrogens is 222 g/mol. The molecule has 1 N–H and O–H groups in total. The maximum atomic E-state index is 9.01. The summed E-state index contributed by atoms with van der Waals surface area (Å²) in [5.41, 5.74) is 2.17. The van der Waals surface area contributed by atoms with E-state index in [2.05, 4.69) is 16.4 Å². The van der Waals surface area contributed by atoms with Gasteiger partial charge in [0.1, 0.15) is 6.07 Å². The van der Waals surface area contributed by atoms with Crippen LogP contribution in [0.25, 0.3) is 10.9 Å². The van der Waals surface area contributed by atoms with Gasteiger partial charge in [-0.25, -0.2) is 0 Å². The van der Waals surface area contributed by atoms with E-state index in [1.807, 2.05) is 19.1 Å². The first-order chi connectivity index (χ1) is 7.76. The molecule has 0 aliphatic rings. The van der Waals surface area contributed by atoms with Gasteiger partial charge in [0.2, 0.25) is 0 Å². The van der Waals surface area contributed by atoms with Crippen molar-refractivity contribution in [2.24, 2.45) is 0 Å². The van der Waals surface area contributed by atoms with Gasteiger partial charge in [-0.3, -0.25) is 4.98 Å². The van der Waals surface area contributed by atoms with Crippen LogP contribution in [0, 0.1) is 11.3 Å². The summed E-state index contributed by atoms with van der Waals surface area (Å²) in [5, 5.41) is 13.7. The molecule has 0 fully saturated rings. The molecule has 0 amide bonds. The molecule has 80 valence electrons. The molecule has 0 unspecified atom stereocenters. The van der Waals surface area contributed by atoms with Crippen LogP contribution in [0.5, 0.6) is 0 Å². The van der Waals surface area contributed by atoms with Crippen molar-refractivity contribution in [2.75, 3.05) is 11.9 Å². The van der Waals surface area contributed by atoms with Crippen molar-refractivity contribution >= 4 is 28.2 Å². The van der Waals surface area contributed by atoms with Crippen LogP contribution in [-0.2, 0) is 0 Å². The second kappa shape index (κ2) is 4.38. The third kappa shape index (κ3) is 1.80. The quantitative estimate of drug-likeness (QED) is 0.864. The van der Waals surface area contributed by atoms with Gasteiger partial charge in [-0.05, 0) is 25.1 Å². The fourth-order valence-corrected chi connectivity index (χ4v) is 1.79. The highest BCUT2D eigenvalue weighted by Crippen LogP contribution is 2.27. The third-order valence-corrected chi connectivity index (χ3v) is 2.54. The molecule has 0 spiro atoms. The van der Waals surface area contributed by atoms with Crippen molar-refractivity contribution in [3.63, 3.8) is 0 Å². The van der Waals surface area contributed by atoms with E-state index in [1.165, 1.54) is 0 Å². The van der Waals surface area contributed by atoms with Gasteiger partial charge < -0.3 is 5.32 Å². The lowest BCUT2D eigenvalue weighted by Gasteiger charge is -2.09. The first-order valence-corrected chi connectivity index (χ1v) is 5.36. The van der Waals surface area contributed by atoms with Crippen LogP contribution < -0.4 is 5.32 Å². The summed E-state index contributed by atoms with van der Waals surface area (Å²) in [7, 11) is 0. The topological polar surface area (TPSA) is 48.7 Å². The molecule has 1 aromatic carbocycles. The predicted molar refractivity (Wildman–Crippen MR) is 65.6 cm³/mol. The highest BCUT2D eigenvalue weighted by atomic mass is 35.5. The van der Waals surface area contributed by atoms with Crippen LogP contribution in [0.3, 0.4) is 0 Å². The van der Waals surface area contributed by atoms with E-state index >= 15 is 0 Å². The van der Waals surface area contributed by atoms with Gasteiger partial charge in [0.15, 0.2) is 0 Å². The number of rotatable bonds is 2. The highest BCUT2D eigenvalue weighted by molar-refractivity contribution is 6.31. The van der Waals surface area contributed by atoms with E-state index in [-0.39, 0.29) is 0 Å². The van der Waals surface area contributed by atoms with Crippen molar-refractivity contribution in [2.45, 2.75) is 6.92 Å². The van der Waals surface area contributed by atoms with Crippen molar-refractivity contribution in [3.8, 4) is 6.07 Å². The molecule has 0 aliphatic heterocycles. The minimum atomic E-state index is 0.539. The van der Waals surface area contributed by atoms with E-state index in [9.17, 15) is 0 Å². The average molecular weight is 232 g/mol. The summed E-state index contributed by atoms with van der Waals surface area (Å²) >= 11 is 5.95. The minimum absolute atomic E-state index is 0.539. The van der Waals surface area contributed by atoms with Gasteiger partial charge in [0, 0.05) is 23.2 Å². The summed E-state index contributed by atoms with van der Waals surface area (Å²) in [5.74, 6) is 0. The van der Waals surface area contributed by atoms with Crippen LogP contribution >= 0.6 is 11.6 Å². The zero-order chi connectivity index (χ0) is 11.5. The summed E-state index contributed by atoms with van der Waals surface area (Å²) in [4.78, 5) is 4.21. The Morgan fingerprint density at radius 3 is 3.00 bits per heavy atom. The maximum Gasteiger partial charge on any atom is 0.103 e. The summed E-state index contributed by atoms with van der Waals surface area (Å²) in [6.07, 6.45) is 1.58. The molecule has 0 saturated carbocycles. The van der Waals surface area contributed by atoms with Crippen LogP contribution in [0.1, 0.15) is 12.5 Å². The predicted octanol–water partition coefficient (Wildman–Crippen LogP) is 3.19. The van der Waals surface area contributed by atoms with Gasteiger partial charge in [-0.2, -0.15) is 5.26 Å². The Morgan fingerprint density at radius 2 is 2.31 bits per heavy atom. The fraction of sp³-hybridized carbons (Fsp3) is 0.167. The number of nitrogens with zero attached hydrogens (tertiary/aromatic N) is 2. The molecule has 16 heavy (non-hydrogen) atoms. The lowest BCUT2D eigenvalue weighted by Crippen LogP contribution is -2.01. The standard InChI is InChI=1S/C12H10ClN3/c1-2-15-12-8(6-14)7-16-11-4-3-9(13)5-10(11)12/h3-5,7H,2H2,1H3,(H,15,16). The maximum absolute atomic E-state index is 9.01. The number of hydrogen-bond acceptors (Lipinski definition) is 3. The Kier molecular flexibility index (Phi) is 2.93. The molecule has 0 atom stereocenters. The molecule has 2 rings (SSSR count). The normalized spacial score (nSPS) is 10.1. The smallest absolute Gasteiger partial charge is 0.103 e. The van der Waals surface area contributed by atoms with Crippen molar-refractivity contribution in [1.82, 2.24) is 4.98 Å². The molecule has 0 saturated heterocycles. The van der Waals surface area contributed by atoms with Crippen molar-refractivity contribution in [1.29, 1.82) is 5.26 Å². The number of pyridine rings is 1. The average Bonchev–Trinajstić information content (AvgIpc) is 2.30. The molecule has 2 aromatic rings. The number of halogens is 1. The lowest BCUT2D eigenvalue weighted by molar-refractivity contribution is 1.21. The lowest BCUT2D eigenvalue weighted by atomic mass is 10.1. The number of anilines is 1. The molecular formula is C12H10ClN3. The molecule has 0 radical (unpaired) electrons. The molecule has 0 aliphatic carbocycles. The van der Waals surface area contributed by atoms with E-state index in [4.69, 9.17) is 16.9 Å². The van der Waals surface area contributed by atoms with Gasteiger partial charge >= 0.3 is 0 Å². The number of nitrogens with one attached hydrogen (secondary N) is 1. The number of nitriles is 1. The fourth-order valence-electron chi connectivity index (χ4n) is 1.62. The van der Waals surface area contributed by atoms with Crippen molar-refractivity contribution in [3.05, 3.63) is 35.0 Å². The second-order valence-corrected chi connectivity index (χ2v) is 3.79. The monoisotopic (exact) mass is 231 g/mol. The summed E-state index contributed by atoms with van der Waals surface area (Å²) in [6, 6.07) is 7.58. The SMILES string of the molecule is CCNc1c(C#N)cnc2ccc(Cl)cc12. The van der Waals surface area contributed by atoms with Gasteiger partial charge in [-0.15, -0.1) is 0 Å². The molecule has 1 aromatic heterocycles. The van der Waals surface area contributed by atoms with E-state index in [0.29, 0.717) is 10.6 Å². The Morgan fingerprint density at radius 1 is 1.50 bits per heavy atom. The van der Waals surface area contributed by atoms with Crippen molar-refractivity contribution < 1.29 is 0 Å². The first-order valence-electron chi connectivity index (χ1n) is 4.98.